The number of aliphatic hydroxyl groups excluding tert-OH is 1. The van der Waals surface area contributed by atoms with Gasteiger partial charge in [0.25, 0.3) is 5.91 Å². The number of anilines is 3. The summed E-state index contributed by atoms with van der Waals surface area (Å²) in [7, 11) is 3.53. The molecule has 32 heavy (non-hydrogen) atoms. The number of aliphatic hydroxyl groups is 1. The lowest BCUT2D eigenvalue weighted by atomic mass is 10.1. The second kappa shape index (κ2) is 8.08. The molecule has 0 radical (unpaired) electrons. The van der Waals surface area contributed by atoms with Crippen LogP contribution in [0.3, 0.4) is 0 Å². The van der Waals surface area contributed by atoms with E-state index in [1.165, 1.54) is 4.80 Å². The normalized spacial score (nSPS) is 14.3. The zero-order chi connectivity index (χ0) is 22.2. The fourth-order valence-corrected chi connectivity index (χ4v) is 4.20. The van der Waals surface area contributed by atoms with E-state index < -0.39 is 0 Å². The molecule has 11 heteroatoms. The Labute approximate surface area is 183 Å². The molecular formula is C21H25N9O2. The SMILES string of the molecule is CNc1cc(Nc2cc(CO)cc3nn(C)nc23)nn2c(C(=O)NC3CCCC3)cnc12. The molecule has 5 rings (SSSR count). The van der Waals surface area contributed by atoms with Gasteiger partial charge in [-0.25, -0.2) is 9.50 Å². The monoisotopic (exact) mass is 435 g/mol. The highest BCUT2D eigenvalue weighted by Crippen LogP contribution is 2.28. The Morgan fingerprint density at radius 3 is 2.72 bits per heavy atom. The summed E-state index contributed by atoms with van der Waals surface area (Å²) in [5, 5.41) is 32.5. The molecule has 11 nitrogen and oxygen atoms in total. The van der Waals surface area contributed by atoms with E-state index in [2.05, 4.69) is 36.2 Å². The first kappa shape index (κ1) is 20.2. The van der Waals surface area contributed by atoms with E-state index >= 15 is 0 Å². The molecule has 3 aromatic heterocycles. The summed E-state index contributed by atoms with van der Waals surface area (Å²) in [6, 6.07) is 5.62. The molecule has 4 aromatic rings. The third kappa shape index (κ3) is 3.60. The van der Waals surface area contributed by atoms with E-state index in [4.69, 9.17) is 0 Å². The van der Waals surface area contributed by atoms with E-state index in [1.54, 1.807) is 30.9 Å². The average Bonchev–Trinajstić information content (AvgIpc) is 3.52. The molecule has 4 N–H and O–H groups in total. The summed E-state index contributed by atoms with van der Waals surface area (Å²) < 4.78 is 1.54. The van der Waals surface area contributed by atoms with Gasteiger partial charge >= 0.3 is 0 Å². The lowest BCUT2D eigenvalue weighted by Crippen LogP contribution is -2.33. The fraction of sp³-hybridized carbons (Fsp3) is 0.381. The van der Waals surface area contributed by atoms with Crippen molar-refractivity contribution in [1.82, 2.24) is 34.9 Å². The molecule has 1 aromatic carbocycles. The van der Waals surface area contributed by atoms with Crippen molar-refractivity contribution in [1.29, 1.82) is 0 Å². The van der Waals surface area contributed by atoms with Crippen molar-refractivity contribution in [3.05, 3.63) is 35.7 Å². The highest BCUT2D eigenvalue weighted by atomic mass is 16.3. The minimum atomic E-state index is -0.185. The molecule has 1 amide bonds. The number of aryl methyl sites for hydroxylation is 1. The van der Waals surface area contributed by atoms with Crippen LogP contribution in [0.4, 0.5) is 17.2 Å². The van der Waals surface area contributed by atoms with Crippen LogP contribution in [-0.4, -0.2) is 53.7 Å². The summed E-state index contributed by atoms with van der Waals surface area (Å²) in [4.78, 5) is 18.8. The first-order chi connectivity index (χ1) is 15.6. The lowest BCUT2D eigenvalue weighted by Gasteiger charge is -2.13. The van der Waals surface area contributed by atoms with Gasteiger partial charge in [-0.2, -0.15) is 15.0 Å². The third-order valence-electron chi connectivity index (χ3n) is 5.75. The van der Waals surface area contributed by atoms with Crippen LogP contribution >= 0.6 is 0 Å². The van der Waals surface area contributed by atoms with E-state index in [-0.39, 0.29) is 18.6 Å². The van der Waals surface area contributed by atoms with Gasteiger partial charge in [-0.15, -0.1) is 5.10 Å². The minimum absolute atomic E-state index is 0.123. The summed E-state index contributed by atoms with van der Waals surface area (Å²) in [5.41, 5.74) is 4.33. The number of rotatable bonds is 6. The Kier molecular flexibility index (Phi) is 5.10. The van der Waals surface area contributed by atoms with Crippen molar-refractivity contribution >= 4 is 39.8 Å². The number of fused-ring (bicyclic) bond motifs is 2. The highest BCUT2D eigenvalue weighted by Gasteiger charge is 2.22. The molecule has 0 saturated heterocycles. The number of hydrogen-bond donors (Lipinski definition) is 4. The van der Waals surface area contributed by atoms with Crippen molar-refractivity contribution in [2.75, 3.05) is 17.7 Å². The number of carbonyl (C=O) groups excluding carboxylic acids is 1. The number of imidazole rings is 1. The first-order valence-electron chi connectivity index (χ1n) is 10.6. The van der Waals surface area contributed by atoms with E-state index in [0.717, 1.165) is 31.4 Å². The van der Waals surface area contributed by atoms with Gasteiger partial charge in [0.2, 0.25) is 0 Å². The maximum Gasteiger partial charge on any atom is 0.271 e. The third-order valence-corrected chi connectivity index (χ3v) is 5.75. The molecule has 0 unspecified atom stereocenters. The zero-order valence-electron chi connectivity index (χ0n) is 18.0. The van der Waals surface area contributed by atoms with E-state index in [0.29, 0.717) is 39.4 Å². The minimum Gasteiger partial charge on any atom is -0.392 e. The molecule has 0 atom stereocenters. The maximum absolute atomic E-state index is 12.9. The molecule has 166 valence electrons. The van der Waals surface area contributed by atoms with Crippen molar-refractivity contribution in [3.8, 4) is 0 Å². The average molecular weight is 435 g/mol. The maximum atomic E-state index is 12.9. The highest BCUT2D eigenvalue weighted by molar-refractivity contribution is 5.94. The smallest absolute Gasteiger partial charge is 0.271 e. The van der Waals surface area contributed by atoms with Gasteiger partial charge in [0, 0.05) is 26.2 Å². The van der Waals surface area contributed by atoms with E-state index in [1.807, 2.05) is 12.1 Å². The molecule has 1 fully saturated rings. The van der Waals surface area contributed by atoms with Crippen LogP contribution in [0.15, 0.2) is 24.4 Å². The zero-order valence-corrected chi connectivity index (χ0v) is 18.0. The van der Waals surface area contributed by atoms with Crippen LogP contribution in [0.2, 0.25) is 0 Å². The largest absolute Gasteiger partial charge is 0.392 e. The lowest BCUT2D eigenvalue weighted by molar-refractivity contribution is 0.0931. The van der Waals surface area contributed by atoms with Crippen LogP contribution in [0.1, 0.15) is 41.7 Å². The number of carbonyl (C=O) groups is 1. The molecule has 1 aliphatic carbocycles. The number of nitrogens with one attached hydrogen (secondary N) is 3. The molecular weight excluding hydrogens is 410 g/mol. The number of aromatic nitrogens is 6. The fourth-order valence-electron chi connectivity index (χ4n) is 4.20. The molecule has 3 heterocycles. The Bertz CT molecular complexity index is 1300. The summed E-state index contributed by atoms with van der Waals surface area (Å²) in [5.74, 6) is 0.312. The predicted octanol–water partition coefficient (Wildman–Crippen LogP) is 1.96. The van der Waals surface area contributed by atoms with Crippen LogP contribution in [-0.2, 0) is 13.7 Å². The quantitative estimate of drug-likeness (QED) is 0.361. The summed E-state index contributed by atoms with van der Waals surface area (Å²) in [6.45, 7) is -0.123. The van der Waals surface area contributed by atoms with Gasteiger partial charge < -0.3 is 21.1 Å². The van der Waals surface area contributed by atoms with Gasteiger partial charge in [0.05, 0.1) is 24.2 Å². The van der Waals surface area contributed by atoms with E-state index in [9.17, 15) is 9.90 Å². The van der Waals surface area contributed by atoms with Crippen molar-refractivity contribution < 1.29 is 9.90 Å². The predicted molar refractivity (Wildman–Crippen MR) is 120 cm³/mol. The second-order valence-electron chi connectivity index (χ2n) is 8.01. The first-order valence-corrected chi connectivity index (χ1v) is 10.6. The van der Waals surface area contributed by atoms with Crippen LogP contribution in [0.5, 0.6) is 0 Å². The standard InChI is InChI=1S/C21H25N9O2/c1-22-16-9-18(25-14-7-12(11-31)8-15-19(14)28-29(2)26-15)27-30-17(10-23-20(16)30)21(32)24-13-5-3-4-6-13/h7-10,13,22,31H,3-6,11H2,1-2H3,(H,24,32)(H,25,27). The summed E-state index contributed by atoms with van der Waals surface area (Å²) >= 11 is 0. The Morgan fingerprint density at radius 2 is 1.97 bits per heavy atom. The van der Waals surface area contributed by atoms with Gasteiger partial charge in [0.15, 0.2) is 17.2 Å². The molecule has 0 aliphatic heterocycles. The summed E-state index contributed by atoms with van der Waals surface area (Å²) in [6.07, 6.45) is 5.82. The Hall–Kier alpha value is -3.73. The van der Waals surface area contributed by atoms with Crippen LogP contribution in [0.25, 0.3) is 16.7 Å². The Morgan fingerprint density at radius 1 is 1.16 bits per heavy atom. The van der Waals surface area contributed by atoms with Gasteiger partial charge in [-0.3, -0.25) is 4.79 Å². The number of benzene rings is 1. The van der Waals surface area contributed by atoms with Gasteiger partial charge in [0.1, 0.15) is 11.0 Å². The van der Waals surface area contributed by atoms with Crippen molar-refractivity contribution in [2.24, 2.45) is 7.05 Å². The van der Waals surface area contributed by atoms with Gasteiger partial charge in [-0.05, 0) is 30.5 Å². The molecule has 1 saturated carbocycles. The second-order valence-corrected chi connectivity index (χ2v) is 8.01. The molecule has 1 aliphatic rings. The number of hydrogen-bond acceptors (Lipinski definition) is 8. The number of nitrogens with zero attached hydrogens (tertiary/aromatic N) is 6. The number of amides is 1. The van der Waals surface area contributed by atoms with Crippen molar-refractivity contribution in [3.63, 3.8) is 0 Å². The van der Waals surface area contributed by atoms with Crippen molar-refractivity contribution in [2.45, 2.75) is 38.3 Å². The molecule has 0 spiro atoms. The van der Waals surface area contributed by atoms with Crippen LogP contribution < -0.4 is 16.0 Å². The van der Waals surface area contributed by atoms with Crippen LogP contribution in [0, 0.1) is 0 Å². The topological polar surface area (TPSA) is 134 Å². The molecule has 0 bridgehead atoms. The Balaban J connectivity index is 1.55. The van der Waals surface area contributed by atoms with Gasteiger partial charge in [-0.1, -0.05) is 12.8 Å².